The molecule has 0 saturated heterocycles. The summed E-state index contributed by atoms with van der Waals surface area (Å²) >= 11 is 0. The first-order valence-electron chi connectivity index (χ1n) is 7.63. The van der Waals surface area contributed by atoms with Gasteiger partial charge >= 0.3 is 12.4 Å². The molecule has 0 atom stereocenters. The molecule has 148 valence electrons. The molecule has 2 aromatic rings. The zero-order chi connectivity index (χ0) is 20.6. The summed E-state index contributed by atoms with van der Waals surface area (Å²) in [4.78, 5) is -1.12. The lowest BCUT2D eigenvalue weighted by Gasteiger charge is -2.17. The number of anilines is 1. The third-order valence-electron chi connectivity index (χ3n) is 3.70. The van der Waals surface area contributed by atoms with Crippen molar-refractivity contribution < 1.29 is 34.8 Å². The van der Waals surface area contributed by atoms with Crippen LogP contribution in [-0.4, -0.2) is 8.42 Å². The number of benzene rings is 2. The average Bonchev–Trinajstić information content (AvgIpc) is 2.52. The monoisotopic (exact) mass is 411 g/mol. The number of hydrogen-bond acceptors (Lipinski definition) is 2. The fraction of sp³-hybridized carbons (Fsp3) is 0.294. The summed E-state index contributed by atoms with van der Waals surface area (Å²) < 4.78 is 105. The third-order valence-corrected chi connectivity index (χ3v) is 5.04. The molecule has 1 N–H and O–H groups in total. The number of sulfonamides is 1. The second-order valence-electron chi connectivity index (χ2n) is 6.09. The first-order valence-corrected chi connectivity index (χ1v) is 9.11. The van der Waals surface area contributed by atoms with Gasteiger partial charge in [-0.1, -0.05) is 32.0 Å². The van der Waals surface area contributed by atoms with Crippen LogP contribution in [-0.2, 0) is 22.4 Å². The van der Waals surface area contributed by atoms with Crippen molar-refractivity contribution in [2.75, 3.05) is 4.72 Å². The Hall–Kier alpha value is -2.23. The van der Waals surface area contributed by atoms with E-state index in [2.05, 4.69) is 4.72 Å². The molecule has 0 aliphatic carbocycles. The van der Waals surface area contributed by atoms with Crippen molar-refractivity contribution in [1.82, 2.24) is 0 Å². The van der Waals surface area contributed by atoms with Crippen LogP contribution in [0.25, 0.3) is 0 Å². The normalized spacial score (nSPS) is 13.1. The SMILES string of the molecule is CC(C)c1ccccc1NS(=O)(=O)c1cc(C(F)(F)F)cc(C(F)(F)F)c1. The third kappa shape index (κ3) is 4.94. The van der Waals surface area contributed by atoms with E-state index in [1.54, 1.807) is 26.0 Å². The summed E-state index contributed by atoms with van der Waals surface area (Å²) in [6.07, 6.45) is -10.3. The molecule has 2 rings (SSSR count). The number of para-hydroxylation sites is 1. The maximum absolute atomic E-state index is 12.9. The lowest BCUT2D eigenvalue weighted by atomic mass is 10.0. The average molecular weight is 411 g/mol. The molecule has 27 heavy (non-hydrogen) atoms. The summed E-state index contributed by atoms with van der Waals surface area (Å²) in [5.41, 5.74) is -2.77. The molecule has 0 fully saturated rings. The van der Waals surface area contributed by atoms with Crippen LogP contribution in [0.4, 0.5) is 32.0 Å². The Labute approximate surface area is 152 Å². The summed E-state index contributed by atoms with van der Waals surface area (Å²) in [6.45, 7) is 3.53. The Morgan fingerprint density at radius 3 is 1.78 bits per heavy atom. The van der Waals surface area contributed by atoms with E-state index >= 15 is 0 Å². The maximum atomic E-state index is 12.9. The van der Waals surface area contributed by atoms with Gasteiger partial charge in [0.1, 0.15) is 0 Å². The van der Waals surface area contributed by atoms with Gasteiger partial charge in [0.25, 0.3) is 10.0 Å². The first kappa shape index (κ1) is 21.1. The van der Waals surface area contributed by atoms with Crippen LogP contribution in [0.15, 0.2) is 47.4 Å². The van der Waals surface area contributed by atoms with E-state index in [9.17, 15) is 34.8 Å². The minimum Gasteiger partial charge on any atom is -0.279 e. The highest BCUT2D eigenvalue weighted by atomic mass is 32.2. The minimum atomic E-state index is -5.14. The lowest BCUT2D eigenvalue weighted by molar-refractivity contribution is -0.143. The highest BCUT2D eigenvalue weighted by Crippen LogP contribution is 2.37. The van der Waals surface area contributed by atoms with Crippen LogP contribution >= 0.6 is 0 Å². The van der Waals surface area contributed by atoms with E-state index in [4.69, 9.17) is 0 Å². The van der Waals surface area contributed by atoms with E-state index in [-0.39, 0.29) is 29.8 Å². The fourth-order valence-electron chi connectivity index (χ4n) is 2.38. The van der Waals surface area contributed by atoms with Gasteiger partial charge in [0.15, 0.2) is 0 Å². The van der Waals surface area contributed by atoms with E-state index < -0.39 is 38.4 Å². The van der Waals surface area contributed by atoms with Gasteiger partial charge in [-0.3, -0.25) is 4.72 Å². The molecule has 0 aliphatic heterocycles. The largest absolute Gasteiger partial charge is 0.416 e. The van der Waals surface area contributed by atoms with Crippen LogP contribution in [0.1, 0.15) is 36.5 Å². The van der Waals surface area contributed by atoms with Crippen molar-refractivity contribution in [1.29, 1.82) is 0 Å². The van der Waals surface area contributed by atoms with E-state index in [0.717, 1.165) is 0 Å². The molecule has 0 aromatic heterocycles. The fourth-order valence-corrected chi connectivity index (χ4v) is 3.54. The summed E-state index contributed by atoms with van der Waals surface area (Å²) in [5.74, 6) is -0.129. The van der Waals surface area contributed by atoms with Crippen LogP contribution in [0.2, 0.25) is 0 Å². The Morgan fingerprint density at radius 2 is 1.33 bits per heavy atom. The van der Waals surface area contributed by atoms with E-state index in [1.165, 1.54) is 12.1 Å². The zero-order valence-corrected chi connectivity index (χ0v) is 14.9. The van der Waals surface area contributed by atoms with Crippen molar-refractivity contribution in [3.05, 3.63) is 59.2 Å². The molecular weight excluding hydrogens is 396 g/mol. The number of nitrogens with one attached hydrogen (secondary N) is 1. The summed E-state index contributed by atoms with van der Waals surface area (Å²) in [6, 6.07) is 6.35. The molecule has 0 unspecified atom stereocenters. The highest BCUT2D eigenvalue weighted by molar-refractivity contribution is 7.92. The van der Waals surface area contributed by atoms with Crippen LogP contribution in [0, 0.1) is 0 Å². The second-order valence-corrected chi connectivity index (χ2v) is 7.77. The Kier molecular flexibility index (Phi) is 5.51. The molecule has 3 nitrogen and oxygen atoms in total. The summed E-state index contributed by atoms with van der Waals surface area (Å²) in [7, 11) is -4.68. The molecule has 0 aliphatic rings. The van der Waals surface area contributed by atoms with Crippen LogP contribution in [0.5, 0.6) is 0 Å². The Bertz CT molecular complexity index is 901. The zero-order valence-electron chi connectivity index (χ0n) is 14.1. The number of hydrogen-bond donors (Lipinski definition) is 1. The molecule has 0 saturated carbocycles. The standard InChI is InChI=1S/C17H15F6NO2S/c1-10(2)14-5-3-4-6-15(14)24-27(25,26)13-8-11(16(18,19)20)7-12(9-13)17(21,22)23/h3-10,24H,1-2H3. The van der Waals surface area contributed by atoms with Gasteiger partial charge in [-0.05, 0) is 35.7 Å². The van der Waals surface area contributed by atoms with Gasteiger partial charge in [0.2, 0.25) is 0 Å². The first-order chi connectivity index (χ1) is 12.2. The quantitative estimate of drug-likeness (QED) is 0.661. The van der Waals surface area contributed by atoms with Crippen molar-refractivity contribution in [3.63, 3.8) is 0 Å². The van der Waals surface area contributed by atoms with Crippen molar-refractivity contribution in [2.45, 2.75) is 37.0 Å². The highest BCUT2D eigenvalue weighted by Gasteiger charge is 2.38. The minimum absolute atomic E-state index is 0.0819. The van der Waals surface area contributed by atoms with Gasteiger partial charge < -0.3 is 0 Å². The van der Waals surface area contributed by atoms with Crippen LogP contribution < -0.4 is 4.72 Å². The predicted octanol–water partition coefficient (Wildman–Crippen LogP) is 5.65. The molecule has 0 bridgehead atoms. The van der Waals surface area contributed by atoms with Gasteiger partial charge in [-0.15, -0.1) is 0 Å². The molecule has 0 amide bonds. The smallest absolute Gasteiger partial charge is 0.279 e. The number of halogens is 6. The van der Waals surface area contributed by atoms with Gasteiger partial charge in [0.05, 0.1) is 21.7 Å². The second kappa shape index (κ2) is 7.06. The summed E-state index contributed by atoms with van der Waals surface area (Å²) in [5, 5.41) is 0. The number of rotatable bonds is 4. The molecule has 10 heteroatoms. The maximum Gasteiger partial charge on any atom is 0.416 e. The van der Waals surface area contributed by atoms with Crippen LogP contribution in [0.3, 0.4) is 0 Å². The lowest BCUT2D eigenvalue weighted by Crippen LogP contribution is -2.18. The number of alkyl halides is 6. The van der Waals surface area contributed by atoms with E-state index in [0.29, 0.717) is 5.56 Å². The molecule has 0 heterocycles. The van der Waals surface area contributed by atoms with Gasteiger partial charge in [0, 0.05) is 0 Å². The molecule has 0 radical (unpaired) electrons. The molecular formula is C17H15F6NO2S. The van der Waals surface area contributed by atoms with E-state index in [1.807, 2.05) is 0 Å². The van der Waals surface area contributed by atoms with Gasteiger partial charge in [-0.2, -0.15) is 26.3 Å². The molecule has 0 spiro atoms. The van der Waals surface area contributed by atoms with Crippen molar-refractivity contribution in [3.8, 4) is 0 Å². The van der Waals surface area contributed by atoms with Crippen molar-refractivity contribution in [2.24, 2.45) is 0 Å². The Balaban J connectivity index is 2.59. The topological polar surface area (TPSA) is 46.2 Å². The van der Waals surface area contributed by atoms with Crippen molar-refractivity contribution >= 4 is 15.7 Å². The Morgan fingerprint density at radius 1 is 0.852 bits per heavy atom. The molecule has 2 aromatic carbocycles. The van der Waals surface area contributed by atoms with Gasteiger partial charge in [-0.25, -0.2) is 8.42 Å². The predicted molar refractivity (Wildman–Crippen MR) is 87.8 cm³/mol.